The van der Waals surface area contributed by atoms with E-state index in [2.05, 4.69) is 6.07 Å². The molecule has 0 radical (unpaired) electrons. The molecule has 0 aliphatic heterocycles. The zero-order valence-electron chi connectivity index (χ0n) is 8.00. The van der Waals surface area contributed by atoms with E-state index in [1.54, 1.807) is 18.4 Å². The highest BCUT2D eigenvalue weighted by atomic mass is 32.1. The quantitative estimate of drug-likeness (QED) is 0.713. The van der Waals surface area contributed by atoms with Crippen molar-refractivity contribution in [3.63, 3.8) is 0 Å². The monoisotopic (exact) mass is 203 g/mol. The lowest BCUT2D eigenvalue weighted by atomic mass is 10.0. The smallest absolute Gasteiger partial charge is 0.124 e. The Bertz CT molecular complexity index is 522. The highest BCUT2D eigenvalue weighted by Crippen LogP contribution is 2.32. The molecule has 0 N–H and O–H groups in total. The Hall–Kier alpha value is -1.53. The molecule has 1 aromatic carbocycles. The zero-order valence-corrected chi connectivity index (χ0v) is 8.81. The molecule has 0 amide bonds. The molecule has 2 rings (SSSR count). The van der Waals surface area contributed by atoms with Crippen LogP contribution in [0.25, 0.3) is 10.1 Å². The number of hydrogen-bond donors (Lipinski definition) is 0. The lowest BCUT2D eigenvalue weighted by molar-refractivity contribution is 0.412. The summed E-state index contributed by atoms with van der Waals surface area (Å²) in [7, 11) is 1.63. The molecule has 2 nitrogen and oxygen atoms in total. The van der Waals surface area contributed by atoms with Gasteiger partial charge in [-0.1, -0.05) is 0 Å². The number of thiophene rings is 1. The van der Waals surface area contributed by atoms with Crippen molar-refractivity contribution in [1.82, 2.24) is 0 Å². The highest BCUT2D eigenvalue weighted by Gasteiger charge is 2.10. The van der Waals surface area contributed by atoms with Crippen LogP contribution >= 0.6 is 11.3 Å². The Labute approximate surface area is 86.4 Å². The van der Waals surface area contributed by atoms with Crippen LogP contribution < -0.4 is 4.74 Å². The first-order valence-electron chi connectivity index (χ1n) is 4.23. The summed E-state index contributed by atoms with van der Waals surface area (Å²) >= 11 is 1.62. The van der Waals surface area contributed by atoms with Crippen molar-refractivity contribution in [3.8, 4) is 11.8 Å². The maximum Gasteiger partial charge on any atom is 0.124 e. The number of methoxy groups -OCH3 is 1. The average Bonchev–Trinajstić information content (AvgIpc) is 2.64. The van der Waals surface area contributed by atoms with Crippen molar-refractivity contribution in [2.45, 2.75) is 6.92 Å². The first-order valence-corrected chi connectivity index (χ1v) is 5.10. The largest absolute Gasteiger partial charge is 0.496 e. The fourth-order valence-corrected chi connectivity index (χ4v) is 2.37. The van der Waals surface area contributed by atoms with Crippen molar-refractivity contribution >= 4 is 21.4 Å². The second-order valence-corrected chi connectivity index (χ2v) is 3.97. The predicted molar refractivity (Wildman–Crippen MR) is 57.8 cm³/mol. The summed E-state index contributed by atoms with van der Waals surface area (Å²) in [5.74, 6) is 0.788. The van der Waals surface area contributed by atoms with Gasteiger partial charge in [0.1, 0.15) is 11.8 Å². The number of fused-ring (bicyclic) bond motifs is 1. The van der Waals surface area contributed by atoms with Gasteiger partial charge in [-0.2, -0.15) is 5.26 Å². The van der Waals surface area contributed by atoms with Gasteiger partial charge in [-0.3, -0.25) is 0 Å². The van der Waals surface area contributed by atoms with Gasteiger partial charge >= 0.3 is 0 Å². The van der Waals surface area contributed by atoms with Crippen LogP contribution in [0.1, 0.15) is 11.1 Å². The zero-order chi connectivity index (χ0) is 10.1. The second-order valence-electron chi connectivity index (χ2n) is 3.02. The van der Waals surface area contributed by atoms with Crippen molar-refractivity contribution < 1.29 is 4.74 Å². The summed E-state index contributed by atoms with van der Waals surface area (Å²) in [4.78, 5) is 0. The number of hydrogen-bond acceptors (Lipinski definition) is 3. The standard InChI is InChI=1S/C11H9NOS/c1-7-9(6-12)8-3-4-14-11(8)5-10(7)13-2/h3-5H,1-2H3. The lowest BCUT2D eigenvalue weighted by Gasteiger charge is -2.06. The van der Waals surface area contributed by atoms with Gasteiger partial charge in [-0.15, -0.1) is 11.3 Å². The third-order valence-electron chi connectivity index (χ3n) is 2.30. The van der Waals surface area contributed by atoms with E-state index in [-0.39, 0.29) is 0 Å². The van der Waals surface area contributed by atoms with Crippen LogP contribution in [0.2, 0.25) is 0 Å². The van der Waals surface area contributed by atoms with Crippen LogP contribution in [-0.2, 0) is 0 Å². The molecule has 1 heterocycles. The normalized spacial score (nSPS) is 10.1. The number of ether oxygens (including phenoxy) is 1. The van der Waals surface area contributed by atoms with Crippen LogP contribution in [-0.4, -0.2) is 7.11 Å². The molecule has 1 aromatic heterocycles. The SMILES string of the molecule is COc1cc2sccc2c(C#N)c1C. The third-order valence-corrected chi connectivity index (χ3v) is 3.17. The molecule has 3 heteroatoms. The summed E-state index contributed by atoms with van der Waals surface area (Å²) in [5, 5.41) is 12.1. The number of nitrogens with zero attached hydrogens (tertiary/aromatic N) is 1. The summed E-state index contributed by atoms with van der Waals surface area (Å²) in [6, 6.07) is 6.19. The molecule has 0 bridgehead atoms. The molecule has 0 atom stereocenters. The van der Waals surface area contributed by atoms with Gasteiger partial charge in [0.2, 0.25) is 0 Å². The molecular weight excluding hydrogens is 194 g/mol. The lowest BCUT2D eigenvalue weighted by Crippen LogP contribution is -1.90. The van der Waals surface area contributed by atoms with Gasteiger partial charge in [0, 0.05) is 15.6 Å². The van der Waals surface area contributed by atoms with Gasteiger partial charge in [-0.25, -0.2) is 0 Å². The molecule has 0 unspecified atom stereocenters. The maximum absolute atomic E-state index is 9.05. The molecule has 0 spiro atoms. The van der Waals surface area contributed by atoms with Crippen LogP contribution in [0.3, 0.4) is 0 Å². The molecule has 70 valence electrons. The van der Waals surface area contributed by atoms with E-state index >= 15 is 0 Å². The molecule has 0 saturated heterocycles. The van der Waals surface area contributed by atoms with Crippen molar-refractivity contribution in [2.75, 3.05) is 7.11 Å². The van der Waals surface area contributed by atoms with Crippen LogP contribution in [0.15, 0.2) is 17.5 Å². The molecule has 0 aliphatic carbocycles. The van der Waals surface area contributed by atoms with E-state index < -0.39 is 0 Å². The number of nitriles is 1. The molecule has 2 aromatic rings. The van der Waals surface area contributed by atoms with E-state index in [0.29, 0.717) is 0 Å². The van der Waals surface area contributed by atoms with Crippen molar-refractivity contribution in [3.05, 3.63) is 28.6 Å². The summed E-state index contributed by atoms with van der Waals surface area (Å²) in [5.41, 5.74) is 1.64. The fourth-order valence-electron chi connectivity index (χ4n) is 1.55. The van der Waals surface area contributed by atoms with Gasteiger partial charge in [0.25, 0.3) is 0 Å². The van der Waals surface area contributed by atoms with Gasteiger partial charge in [0.05, 0.1) is 12.7 Å². The van der Waals surface area contributed by atoms with Gasteiger partial charge in [-0.05, 0) is 24.4 Å². The molecule has 0 fully saturated rings. The summed E-state index contributed by atoms with van der Waals surface area (Å²) < 4.78 is 6.32. The van der Waals surface area contributed by atoms with E-state index in [4.69, 9.17) is 10.00 Å². The van der Waals surface area contributed by atoms with Crippen LogP contribution in [0.4, 0.5) is 0 Å². The van der Waals surface area contributed by atoms with Crippen LogP contribution in [0.5, 0.6) is 5.75 Å². The Morgan fingerprint density at radius 2 is 2.29 bits per heavy atom. The minimum Gasteiger partial charge on any atom is -0.496 e. The Kier molecular flexibility index (Phi) is 2.14. The summed E-state index contributed by atoms with van der Waals surface area (Å²) in [6.07, 6.45) is 0. The maximum atomic E-state index is 9.05. The summed E-state index contributed by atoms with van der Waals surface area (Å²) in [6.45, 7) is 1.91. The minimum absolute atomic E-state index is 0.723. The molecular formula is C11H9NOS. The van der Waals surface area contributed by atoms with E-state index in [9.17, 15) is 0 Å². The van der Waals surface area contributed by atoms with Crippen LogP contribution in [0, 0.1) is 18.3 Å². The van der Waals surface area contributed by atoms with Crippen molar-refractivity contribution in [2.24, 2.45) is 0 Å². The predicted octanol–water partition coefficient (Wildman–Crippen LogP) is 3.09. The topological polar surface area (TPSA) is 33.0 Å². The second kappa shape index (κ2) is 3.32. The van der Waals surface area contributed by atoms with Crippen molar-refractivity contribution in [1.29, 1.82) is 5.26 Å². The van der Waals surface area contributed by atoms with E-state index in [1.807, 2.05) is 24.4 Å². The van der Waals surface area contributed by atoms with Gasteiger partial charge < -0.3 is 4.74 Å². The molecule has 0 saturated carbocycles. The Balaban J connectivity index is 2.89. The minimum atomic E-state index is 0.723. The number of rotatable bonds is 1. The third kappa shape index (κ3) is 1.16. The van der Waals surface area contributed by atoms with Gasteiger partial charge in [0.15, 0.2) is 0 Å². The average molecular weight is 203 g/mol. The molecule has 0 aliphatic rings. The fraction of sp³-hybridized carbons (Fsp3) is 0.182. The first kappa shape index (κ1) is 9.04. The van der Waals surface area contributed by atoms with E-state index in [0.717, 1.165) is 27.0 Å². The highest BCUT2D eigenvalue weighted by molar-refractivity contribution is 7.17. The Morgan fingerprint density at radius 1 is 1.50 bits per heavy atom. The molecule has 14 heavy (non-hydrogen) atoms. The first-order chi connectivity index (χ1) is 6.77. The van der Waals surface area contributed by atoms with E-state index in [1.165, 1.54) is 0 Å². The number of benzene rings is 1. The Morgan fingerprint density at radius 3 is 2.93 bits per heavy atom.